The van der Waals surface area contributed by atoms with Crippen LogP contribution in [0, 0.1) is 13.8 Å². The summed E-state index contributed by atoms with van der Waals surface area (Å²) in [6.45, 7) is 11.4. The molecule has 2 aromatic carbocycles. The van der Waals surface area contributed by atoms with Crippen molar-refractivity contribution in [2.75, 3.05) is 62.2 Å². The molecule has 5 rings (SSSR count). The van der Waals surface area contributed by atoms with E-state index in [0.717, 1.165) is 38.3 Å². The van der Waals surface area contributed by atoms with Crippen LogP contribution in [0.5, 0.6) is 0 Å². The van der Waals surface area contributed by atoms with Crippen molar-refractivity contribution in [1.82, 2.24) is 19.8 Å². The fourth-order valence-electron chi connectivity index (χ4n) is 5.40. The Labute approximate surface area is 224 Å². The lowest BCUT2D eigenvalue weighted by Gasteiger charge is -2.37. The van der Waals surface area contributed by atoms with E-state index in [0.29, 0.717) is 45.1 Å². The summed E-state index contributed by atoms with van der Waals surface area (Å²) in [7, 11) is 0. The minimum absolute atomic E-state index is 0.125. The molecule has 1 aromatic heterocycles. The van der Waals surface area contributed by atoms with Gasteiger partial charge >= 0.3 is 0 Å². The number of carbonyl (C=O) groups is 1. The van der Waals surface area contributed by atoms with Gasteiger partial charge in [0.2, 0.25) is 11.9 Å². The number of nitrogens with zero attached hydrogens (tertiary/aromatic N) is 5. The maximum atomic E-state index is 12.7. The number of aromatic amines is 1. The normalized spacial score (nSPS) is 16.6. The van der Waals surface area contributed by atoms with Crippen LogP contribution in [-0.4, -0.2) is 78.0 Å². The molecule has 0 spiro atoms. The number of carbonyl (C=O) groups excluding carboxylic acids is 1. The van der Waals surface area contributed by atoms with Crippen molar-refractivity contribution in [1.29, 1.82) is 0 Å². The highest BCUT2D eigenvalue weighted by Gasteiger charge is 2.24. The molecule has 3 aromatic rings. The number of benzene rings is 2. The standard InChI is InChI=1S/C30H38N6O2/c1-23-7-6-10-27(24(23)2)34-15-13-33(14-16-34)22-26-21-28(37)32-30(31-26)36-19-17-35(18-20-36)29(38)12-11-25-8-4-3-5-9-25/h3-10,21H,11-20,22H2,1-2H3,(H,31,32,37). The molecule has 2 aliphatic rings. The third kappa shape index (κ3) is 6.25. The smallest absolute Gasteiger partial charge is 0.252 e. The first-order valence-electron chi connectivity index (χ1n) is 13.7. The van der Waals surface area contributed by atoms with Crippen molar-refractivity contribution in [3.8, 4) is 0 Å². The van der Waals surface area contributed by atoms with E-state index in [4.69, 9.17) is 4.98 Å². The Morgan fingerprint density at radius 3 is 2.32 bits per heavy atom. The van der Waals surface area contributed by atoms with Crippen LogP contribution >= 0.6 is 0 Å². The van der Waals surface area contributed by atoms with Gasteiger partial charge in [0.1, 0.15) is 0 Å². The van der Waals surface area contributed by atoms with Gasteiger partial charge < -0.3 is 14.7 Å². The molecule has 3 heterocycles. The van der Waals surface area contributed by atoms with Crippen LogP contribution in [0.15, 0.2) is 59.4 Å². The number of piperazine rings is 2. The van der Waals surface area contributed by atoms with Crippen LogP contribution in [0.3, 0.4) is 0 Å². The largest absolute Gasteiger partial charge is 0.369 e. The molecule has 2 saturated heterocycles. The van der Waals surface area contributed by atoms with Gasteiger partial charge in [0, 0.05) is 77.1 Å². The molecular formula is C30H38N6O2. The number of anilines is 2. The fraction of sp³-hybridized carbons (Fsp3) is 0.433. The highest BCUT2D eigenvalue weighted by atomic mass is 16.2. The van der Waals surface area contributed by atoms with Crippen LogP contribution < -0.4 is 15.4 Å². The molecule has 1 N–H and O–H groups in total. The lowest BCUT2D eigenvalue weighted by Crippen LogP contribution is -2.49. The zero-order valence-electron chi connectivity index (χ0n) is 22.5. The highest BCUT2D eigenvalue weighted by molar-refractivity contribution is 5.76. The van der Waals surface area contributed by atoms with E-state index in [9.17, 15) is 9.59 Å². The van der Waals surface area contributed by atoms with Crippen LogP contribution in [0.1, 0.15) is 28.8 Å². The predicted molar refractivity (Wildman–Crippen MR) is 152 cm³/mol. The molecule has 0 bridgehead atoms. The maximum absolute atomic E-state index is 12.7. The van der Waals surface area contributed by atoms with Crippen molar-refractivity contribution in [2.24, 2.45) is 0 Å². The van der Waals surface area contributed by atoms with Gasteiger partial charge in [-0.15, -0.1) is 0 Å². The van der Waals surface area contributed by atoms with Crippen molar-refractivity contribution in [2.45, 2.75) is 33.2 Å². The Morgan fingerprint density at radius 2 is 1.58 bits per heavy atom. The summed E-state index contributed by atoms with van der Waals surface area (Å²) in [6.07, 6.45) is 1.28. The summed E-state index contributed by atoms with van der Waals surface area (Å²) in [5, 5.41) is 0. The number of hydrogen-bond acceptors (Lipinski definition) is 6. The van der Waals surface area contributed by atoms with E-state index in [1.807, 2.05) is 23.1 Å². The lowest BCUT2D eigenvalue weighted by molar-refractivity contribution is -0.131. The molecule has 0 saturated carbocycles. The molecule has 2 fully saturated rings. The summed E-state index contributed by atoms with van der Waals surface area (Å²) >= 11 is 0. The molecule has 2 aliphatic heterocycles. The van der Waals surface area contributed by atoms with Gasteiger partial charge in [-0.2, -0.15) is 0 Å². The molecule has 1 amide bonds. The second-order valence-corrected chi connectivity index (χ2v) is 10.4. The van der Waals surface area contributed by atoms with E-state index in [1.54, 1.807) is 6.07 Å². The second kappa shape index (κ2) is 11.8. The van der Waals surface area contributed by atoms with Gasteiger partial charge in [0.15, 0.2) is 0 Å². The molecule has 8 heteroatoms. The first-order chi connectivity index (χ1) is 18.5. The van der Waals surface area contributed by atoms with Crippen molar-refractivity contribution < 1.29 is 4.79 Å². The number of H-pyrrole nitrogens is 1. The van der Waals surface area contributed by atoms with E-state index >= 15 is 0 Å². The molecule has 200 valence electrons. The predicted octanol–water partition coefficient (Wildman–Crippen LogP) is 2.99. The third-order valence-corrected chi connectivity index (χ3v) is 7.86. The number of aromatic nitrogens is 2. The summed E-state index contributed by atoms with van der Waals surface area (Å²) in [5.74, 6) is 0.793. The second-order valence-electron chi connectivity index (χ2n) is 10.4. The fourth-order valence-corrected chi connectivity index (χ4v) is 5.40. The average molecular weight is 515 g/mol. The zero-order chi connectivity index (χ0) is 26.5. The van der Waals surface area contributed by atoms with Gasteiger partial charge in [-0.05, 0) is 43.0 Å². The minimum atomic E-state index is -0.125. The Balaban J connectivity index is 1.13. The number of aryl methyl sites for hydroxylation is 2. The van der Waals surface area contributed by atoms with Gasteiger partial charge in [-0.1, -0.05) is 42.5 Å². The van der Waals surface area contributed by atoms with Crippen LogP contribution in [0.2, 0.25) is 0 Å². The third-order valence-electron chi connectivity index (χ3n) is 7.86. The van der Waals surface area contributed by atoms with Gasteiger partial charge in [-0.25, -0.2) is 4.98 Å². The maximum Gasteiger partial charge on any atom is 0.252 e. The number of rotatable bonds is 7. The Hall–Kier alpha value is -3.65. The van der Waals surface area contributed by atoms with E-state index < -0.39 is 0 Å². The Bertz CT molecular complexity index is 1290. The Morgan fingerprint density at radius 1 is 0.868 bits per heavy atom. The summed E-state index contributed by atoms with van der Waals surface area (Å²) in [4.78, 5) is 41.8. The van der Waals surface area contributed by atoms with Crippen LogP contribution in [0.4, 0.5) is 11.6 Å². The lowest BCUT2D eigenvalue weighted by atomic mass is 10.1. The Kier molecular flexibility index (Phi) is 8.08. The number of amides is 1. The monoisotopic (exact) mass is 514 g/mol. The van der Waals surface area contributed by atoms with Crippen LogP contribution in [-0.2, 0) is 17.8 Å². The SMILES string of the molecule is Cc1cccc(N2CCN(Cc3cc(=O)[nH]c(N4CCN(C(=O)CCc5ccccc5)CC4)n3)CC2)c1C. The first kappa shape index (κ1) is 26.0. The van der Waals surface area contributed by atoms with Crippen molar-refractivity contribution in [3.05, 3.63) is 87.3 Å². The van der Waals surface area contributed by atoms with E-state index in [1.165, 1.54) is 22.4 Å². The molecular weight excluding hydrogens is 476 g/mol. The van der Waals surface area contributed by atoms with Gasteiger partial charge in [-0.3, -0.25) is 19.5 Å². The summed E-state index contributed by atoms with van der Waals surface area (Å²) in [5.41, 5.74) is 5.84. The molecule has 0 aliphatic carbocycles. The highest BCUT2D eigenvalue weighted by Crippen LogP contribution is 2.24. The molecule has 38 heavy (non-hydrogen) atoms. The number of nitrogens with one attached hydrogen (secondary N) is 1. The van der Waals surface area contributed by atoms with Gasteiger partial charge in [0.05, 0.1) is 5.69 Å². The zero-order valence-corrected chi connectivity index (χ0v) is 22.5. The van der Waals surface area contributed by atoms with Gasteiger partial charge in [0.25, 0.3) is 5.56 Å². The quantitative estimate of drug-likeness (QED) is 0.523. The van der Waals surface area contributed by atoms with E-state index in [-0.39, 0.29) is 11.5 Å². The van der Waals surface area contributed by atoms with Crippen LogP contribution in [0.25, 0.3) is 0 Å². The van der Waals surface area contributed by atoms with E-state index in [2.05, 4.69) is 63.9 Å². The topological polar surface area (TPSA) is 75.8 Å². The number of hydrogen-bond donors (Lipinski definition) is 1. The first-order valence-corrected chi connectivity index (χ1v) is 13.7. The summed E-state index contributed by atoms with van der Waals surface area (Å²) in [6, 6.07) is 18.2. The molecule has 8 nitrogen and oxygen atoms in total. The average Bonchev–Trinajstić information content (AvgIpc) is 2.94. The minimum Gasteiger partial charge on any atom is -0.369 e. The molecule has 0 unspecified atom stereocenters. The van der Waals surface area contributed by atoms with Crippen molar-refractivity contribution >= 4 is 17.5 Å². The molecule has 0 radical (unpaired) electrons. The van der Waals surface area contributed by atoms with Crippen molar-refractivity contribution in [3.63, 3.8) is 0 Å². The molecule has 0 atom stereocenters. The summed E-state index contributed by atoms with van der Waals surface area (Å²) < 4.78 is 0.